The standard InChI is InChI=1S/C30H29ClN2O5S/c31-20-12-6-7-13-21(20)32-16-9-15-30-25(24-23(39-30)14-5-2-8-17-38-29(24)37)27(35)33(26(30)28(32)36)22(18-34)19-10-3-1-4-11-19/h1,3-7,9-15,22-26,34H,2,8,16-18H2/b14-5-/t22-,23-,24+,25+,26?,30+/m1/s1. The summed E-state index contributed by atoms with van der Waals surface area (Å²) in [5.41, 5.74) is 1.26. The van der Waals surface area contributed by atoms with Crippen molar-refractivity contribution in [3.63, 3.8) is 0 Å². The number of hydrogen-bond donors (Lipinski definition) is 1. The van der Waals surface area contributed by atoms with Crippen molar-refractivity contribution in [1.29, 1.82) is 0 Å². The molecule has 7 nitrogen and oxygen atoms in total. The minimum absolute atomic E-state index is 0.265. The molecule has 2 aromatic carbocycles. The van der Waals surface area contributed by atoms with E-state index in [9.17, 15) is 19.5 Å². The van der Waals surface area contributed by atoms with E-state index in [0.29, 0.717) is 16.3 Å². The van der Waals surface area contributed by atoms with Gasteiger partial charge in [-0.3, -0.25) is 14.4 Å². The fourth-order valence-corrected chi connectivity index (χ4v) is 8.67. The number of halogens is 1. The van der Waals surface area contributed by atoms with Crippen molar-refractivity contribution in [3.8, 4) is 0 Å². The lowest BCUT2D eigenvalue weighted by molar-refractivity contribution is -0.153. The number of rotatable bonds is 4. The van der Waals surface area contributed by atoms with Gasteiger partial charge in [0.25, 0.3) is 5.91 Å². The number of amides is 2. The molecule has 0 radical (unpaired) electrons. The monoisotopic (exact) mass is 564 g/mol. The Kier molecular flexibility index (Phi) is 7.04. The number of aliphatic hydroxyl groups excluding tert-OH is 1. The predicted molar refractivity (Wildman–Crippen MR) is 150 cm³/mol. The lowest BCUT2D eigenvalue weighted by atomic mass is 9.78. The van der Waals surface area contributed by atoms with Crippen molar-refractivity contribution in [3.05, 3.63) is 89.5 Å². The van der Waals surface area contributed by atoms with E-state index in [-0.39, 0.29) is 36.8 Å². The fraction of sp³-hybridized carbons (Fsp3) is 0.367. The molecule has 202 valence electrons. The van der Waals surface area contributed by atoms with Gasteiger partial charge in [0.1, 0.15) is 6.04 Å². The summed E-state index contributed by atoms with van der Waals surface area (Å²) in [7, 11) is 0. The van der Waals surface area contributed by atoms with Gasteiger partial charge < -0.3 is 19.6 Å². The quantitative estimate of drug-likeness (QED) is 0.443. The number of para-hydroxylation sites is 1. The molecule has 1 N–H and O–H groups in total. The van der Waals surface area contributed by atoms with E-state index in [1.54, 1.807) is 23.1 Å². The molecule has 0 aliphatic carbocycles. The predicted octanol–water partition coefficient (Wildman–Crippen LogP) is 4.17. The van der Waals surface area contributed by atoms with Crippen molar-refractivity contribution >= 4 is 46.8 Å². The Hall–Kier alpha value is -3.07. The third-order valence-electron chi connectivity index (χ3n) is 8.13. The van der Waals surface area contributed by atoms with Crippen LogP contribution in [0.1, 0.15) is 24.4 Å². The van der Waals surface area contributed by atoms with Gasteiger partial charge in [-0.1, -0.05) is 78.4 Å². The molecule has 2 fully saturated rings. The highest BCUT2D eigenvalue weighted by Gasteiger charge is 2.72. The van der Waals surface area contributed by atoms with E-state index in [0.717, 1.165) is 12.8 Å². The fourth-order valence-electron chi connectivity index (χ4n) is 6.45. The average molecular weight is 565 g/mol. The van der Waals surface area contributed by atoms with Crippen LogP contribution in [0, 0.1) is 11.8 Å². The lowest BCUT2D eigenvalue weighted by Crippen LogP contribution is -2.54. The maximum Gasteiger partial charge on any atom is 0.311 e. The van der Waals surface area contributed by atoms with Crippen LogP contribution < -0.4 is 4.90 Å². The largest absolute Gasteiger partial charge is 0.465 e. The number of ether oxygens (including phenoxy) is 1. The van der Waals surface area contributed by atoms with Crippen LogP contribution in [0.15, 0.2) is 78.9 Å². The van der Waals surface area contributed by atoms with Gasteiger partial charge >= 0.3 is 5.97 Å². The molecule has 2 saturated heterocycles. The minimum atomic E-state index is -1.02. The first-order valence-corrected chi connectivity index (χ1v) is 14.5. The van der Waals surface area contributed by atoms with Gasteiger partial charge in [0.2, 0.25) is 5.91 Å². The van der Waals surface area contributed by atoms with Gasteiger partial charge in [0.15, 0.2) is 0 Å². The van der Waals surface area contributed by atoms with Gasteiger partial charge in [-0.2, -0.15) is 0 Å². The molecule has 6 atom stereocenters. The maximum atomic E-state index is 14.6. The summed E-state index contributed by atoms with van der Waals surface area (Å²) in [6.45, 7) is 0.179. The SMILES string of the molecule is O=C1OCCC/C=C\[C@H]2S[C@]34C=CCN(c5ccccc5Cl)C(=O)C3N([C@H](CO)c3ccccc3)C(=O)[C@@H]4[C@@H]12. The number of nitrogens with zero attached hydrogens (tertiary/aromatic N) is 2. The molecule has 1 unspecified atom stereocenters. The molecular formula is C30H29ClN2O5S. The third kappa shape index (κ3) is 4.20. The number of hydrogen-bond acceptors (Lipinski definition) is 6. The molecular weight excluding hydrogens is 536 g/mol. The molecule has 4 heterocycles. The van der Waals surface area contributed by atoms with E-state index in [2.05, 4.69) is 0 Å². The van der Waals surface area contributed by atoms with Crippen LogP contribution in [-0.4, -0.2) is 63.6 Å². The summed E-state index contributed by atoms with van der Waals surface area (Å²) < 4.78 is 4.61. The Morgan fingerprint density at radius 1 is 1.05 bits per heavy atom. The number of benzene rings is 2. The zero-order chi connectivity index (χ0) is 27.1. The number of cyclic esters (lactones) is 1. The molecule has 0 aromatic heterocycles. The first-order valence-electron chi connectivity index (χ1n) is 13.2. The van der Waals surface area contributed by atoms with E-state index >= 15 is 0 Å². The number of esters is 1. The second-order valence-corrected chi connectivity index (χ2v) is 12.1. The number of anilines is 1. The number of carbonyl (C=O) groups is 3. The van der Waals surface area contributed by atoms with Gasteiger partial charge in [-0.15, -0.1) is 11.8 Å². The number of fused-ring (bicyclic) bond motifs is 2. The number of allylic oxidation sites excluding steroid dienone is 1. The van der Waals surface area contributed by atoms with Gasteiger partial charge in [0, 0.05) is 11.8 Å². The molecule has 0 saturated carbocycles. The topological polar surface area (TPSA) is 87.2 Å². The number of aliphatic hydroxyl groups is 1. The minimum Gasteiger partial charge on any atom is -0.465 e. The third-order valence-corrected chi connectivity index (χ3v) is 10.2. The summed E-state index contributed by atoms with van der Waals surface area (Å²) in [4.78, 5) is 45.7. The Labute approximate surface area is 236 Å². The van der Waals surface area contributed by atoms with E-state index in [4.69, 9.17) is 16.3 Å². The highest BCUT2D eigenvalue weighted by molar-refractivity contribution is 8.02. The first kappa shape index (κ1) is 26.2. The van der Waals surface area contributed by atoms with Crippen LogP contribution in [0.5, 0.6) is 0 Å². The molecule has 39 heavy (non-hydrogen) atoms. The molecule has 1 spiro atoms. The Bertz CT molecular complexity index is 1350. The van der Waals surface area contributed by atoms with Crippen LogP contribution in [0.25, 0.3) is 0 Å². The second kappa shape index (κ2) is 10.5. The Morgan fingerprint density at radius 2 is 1.82 bits per heavy atom. The van der Waals surface area contributed by atoms with Crippen molar-refractivity contribution < 1.29 is 24.2 Å². The van der Waals surface area contributed by atoms with Crippen LogP contribution >= 0.6 is 23.4 Å². The molecule has 4 aliphatic heterocycles. The molecule has 2 amide bonds. The van der Waals surface area contributed by atoms with Crippen LogP contribution in [-0.2, 0) is 19.1 Å². The second-order valence-electron chi connectivity index (χ2n) is 10.2. The summed E-state index contributed by atoms with van der Waals surface area (Å²) in [6.07, 6.45) is 9.37. The van der Waals surface area contributed by atoms with Crippen molar-refractivity contribution in [2.24, 2.45) is 11.8 Å². The van der Waals surface area contributed by atoms with Crippen LogP contribution in [0.4, 0.5) is 5.69 Å². The smallest absolute Gasteiger partial charge is 0.311 e. The summed E-state index contributed by atoms with van der Waals surface area (Å²) in [5, 5.41) is 10.7. The van der Waals surface area contributed by atoms with Crippen LogP contribution in [0.2, 0.25) is 5.02 Å². The molecule has 9 heteroatoms. The maximum absolute atomic E-state index is 14.6. The average Bonchev–Trinajstić information content (AvgIpc) is 3.35. The summed E-state index contributed by atoms with van der Waals surface area (Å²) in [6, 6.07) is 14.6. The van der Waals surface area contributed by atoms with Gasteiger partial charge in [0.05, 0.1) is 46.5 Å². The summed E-state index contributed by atoms with van der Waals surface area (Å²) >= 11 is 8.02. The number of thioether (sulfide) groups is 1. The van der Waals surface area contributed by atoms with Crippen molar-refractivity contribution in [2.45, 2.75) is 34.9 Å². The highest BCUT2D eigenvalue weighted by Crippen LogP contribution is 2.62. The Morgan fingerprint density at radius 3 is 2.59 bits per heavy atom. The molecule has 0 bridgehead atoms. The summed E-state index contributed by atoms with van der Waals surface area (Å²) in [5.74, 6) is -2.61. The van der Waals surface area contributed by atoms with Crippen molar-refractivity contribution in [1.82, 2.24) is 4.90 Å². The van der Waals surface area contributed by atoms with E-state index < -0.39 is 34.6 Å². The first-order chi connectivity index (χ1) is 19.0. The van der Waals surface area contributed by atoms with Gasteiger partial charge in [-0.05, 0) is 30.5 Å². The Balaban J connectivity index is 1.52. The normalized spacial score (nSPS) is 31.8. The van der Waals surface area contributed by atoms with E-state index in [1.807, 2.05) is 60.7 Å². The molecule has 6 rings (SSSR count). The van der Waals surface area contributed by atoms with E-state index in [1.165, 1.54) is 16.7 Å². The number of carbonyl (C=O) groups excluding carboxylic acids is 3. The number of likely N-dealkylation sites (tertiary alicyclic amines) is 1. The zero-order valence-electron chi connectivity index (χ0n) is 21.2. The lowest BCUT2D eigenvalue weighted by Gasteiger charge is -2.38. The highest BCUT2D eigenvalue weighted by atomic mass is 35.5. The molecule has 4 aliphatic rings. The van der Waals surface area contributed by atoms with Crippen LogP contribution in [0.3, 0.4) is 0 Å². The van der Waals surface area contributed by atoms with Crippen molar-refractivity contribution in [2.75, 3.05) is 24.7 Å². The molecule has 2 aromatic rings. The van der Waals surface area contributed by atoms with Gasteiger partial charge in [-0.25, -0.2) is 0 Å². The zero-order valence-corrected chi connectivity index (χ0v) is 22.8.